The molecule has 1 heterocycles. The van der Waals surface area contributed by atoms with Crippen LogP contribution < -0.4 is 0 Å². The van der Waals surface area contributed by atoms with Gasteiger partial charge in [-0.25, -0.2) is 9.67 Å². The monoisotopic (exact) mass is 272 g/mol. The van der Waals surface area contributed by atoms with E-state index in [0.29, 0.717) is 5.56 Å². The number of hydrogen-bond acceptors (Lipinski definition) is 4. The summed E-state index contributed by atoms with van der Waals surface area (Å²) in [5.74, 6) is -1.26. The van der Waals surface area contributed by atoms with E-state index in [-0.39, 0.29) is 11.5 Å². The van der Waals surface area contributed by atoms with Gasteiger partial charge in [-0.1, -0.05) is 0 Å². The predicted octanol–water partition coefficient (Wildman–Crippen LogP) is 2.41. The molecule has 100 valence electrons. The van der Waals surface area contributed by atoms with E-state index < -0.39 is 16.9 Å². The van der Waals surface area contributed by atoms with Crippen molar-refractivity contribution < 1.29 is 18.1 Å². The van der Waals surface area contributed by atoms with Gasteiger partial charge in [-0.3, -0.25) is 10.1 Å². The molecule has 0 radical (unpaired) electrons. The van der Waals surface area contributed by atoms with Gasteiger partial charge in [-0.05, 0) is 12.1 Å². The summed E-state index contributed by atoms with van der Waals surface area (Å²) < 4.78 is 38.3. The van der Waals surface area contributed by atoms with E-state index in [0.717, 1.165) is 4.68 Å². The van der Waals surface area contributed by atoms with Crippen LogP contribution in [0.4, 0.5) is 18.9 Å². The molecule has 0 saturated heterocycles. The van der Waals surface area contributed by atoms with E-state index in [1.54, 1.807) is 0 Å². The molecule has 0 unspecified atom stereocenters. The average molecular weight is 272 g/mol. The minimum absolute atomic E-state index is 0.0118. The quantitative estimate of drug-likeness (QED) is 0.621. The van der Waals surface area contributed by atoms with Crippen molar-refractivity contribution in [1.29, 1.82) is 0 Å². The Kier molecular flexibility index (Phi) is 2.97. The fourth-order valence-electron chi connectivity index (χ4n) is 1.49. The van der Waals surface area contributed by atoms with Crippen LogP contribution in [0.5, 0.6) is 0 Å². The molecule has 0 atom stereocenters. The molecule has 0 N–H and O–H groups in total. The van der Waals surface area contributed by atoms with Crippen molar-refractivity contribution in [3.8, 4) is 11.4 Å². The topological polar surface area (TPSA) is 73.8 Å². The number of aryl methyl sites for hydroxylation is 1. The Morgan fingerprint density at radius 1 is 1.26 bits per heavy atom. The third-order valence-electron chi connectivity index (χ3n) is 2.35. The first-order valence-corrected chi connectivity index (χ1v) is 5.02. The number of hydrogen-bond donors (Lipinski definition) is 0. The van der Waals surface area contributed by atoms with E-state index in [1.807, 2.05) is 0 Å². The Hall–Kier alpha value is -2.45. The van der Waals surface area contributed by atoms with E-state index in [9.17, 15) is 23.3 Å². The summed E-state index contributed by atoms with van der Waals surface area (Å²) in [5, 5.41) is 13.7. The van der Waals surface area contributed by atoms with Gasteiger partial charge in [0.2, 0.25) is 0 Å². The molecular weight excluding hydrogens is 265 g/mol. The molecule has 0 fully saturated rings. The highest BCUT2D eigenvalue weighted by Crippen LogP contribution is 2.28. The first-order chi connectivity index (χ1) is 8.79. The highest BCUT2D eigenvalue weighted by molar-refractivity contribution is 5.57. The second-order valence-electron chi connectivity index (χ2n) is 3.68. The smallest absolute Gasteiger partial charge is 0.258 e. The molecule has 0 amide bonds. The maximum atomic E-state index is 12.4. The minimum Gasteiger partial charge on any atom is -0.258 e. The Morgan fingerprint density at radius 2 is 1.84 bits per heavy atom. The van der Waals surface area contributed by atoms with Crippen LogP contribution in [0.15, 0.2) is 24.3 Å². The number of aromatic nitrogens is 3. The molecule has 19 heavy (non-hydrogen) atoms. The lowest BCUT2D eigenvalue weighted by Crippen LogP contribution is -2.08. The van der Waals surface area contributed by atoms with Crippen molar-refractivity contribution >= 4 is 5.69 Å². The summed E-state index contributed by atoms with van der Waals surface area (Å²) in [5.41, 5.74) is 0.165. The fourth-order valence-corrected chi connectivity index (χ4v) is 1.49. The van der Waals surface area contributed by atoms with Gasteiger partial charge in [0.1, 0.15) is 0 Å². The minimum atomic E-state index is -4.63. The molecule has 9 heteroatoms. The zero-order valence-electron chi connectivity index (χ0n) is 9.55. The van der Waals surface area contributed by atoms with Gasteiger partial charge < -0.3 is 0 Å². The molecule has 0 aliphatic carbocycles. The highest BCUT2D eigenvalue weighted by atomic mass is 19.4. The Morgan fingerprint density at radius 3 is 2.26 bits per heavy atom. The largest absolute Gasteiger partial charge is 0.453 e. The van der Waals surface area contributed by atoms with Crippen molar-refractivity contribution in [2.75, 3.05) is 0 Å². The normalized spacial score (nSPS) is 11.6. The van der Waals surface area contributed by atoms with Crippen LogP contribution in [0, 0.1) is 10.1 Å². The Balaban J connectivity index is 2.42. The molecule has 2 rings (SSSR count). The highest BCUT2D eigenvalue weighted by Gasteiger charge is 2.36. The predicted molar refractivity (Wildman–Crippen MR) is 58.1 cm³/mol. The average Bonchev–Trinajstić information content (AvgIpc) is 2.71. The summed E-state index contributed by atoms with van der Waals surface area (Å²) in [6.07, 6.45) is -4.63. The summed E-state index contributed by atoms with van der Waals surface area (Å²) in [4.78, 5) is 13.3. The number of nitrogens with zero attached hydrogens (tertiary/aromatic N) is 4. The van der Waals surface area contributed by atoms with Crippen molar-refractivity contribution in [2.45, 2.75) is 6.18 Å². The molecular formula is C10H7F3N4O2. The van der Waals surface area contributed by atoms with Gasteiger partial charge in [-0.15, -0.1) is 5.10 Å². The van der Waals surface area contributed by atoms with E-state index in [4.69, 9.17) is 0 Å². The first kappa shape index (κ1) is 13.0. The van der Waals surface area contributed by atoms with Crippen molar-refractivity contribution in [3.63, 3.8) is 0 Å². The number of halogens is 3. The number of non-ortho nitro benzene ring substituents is 1. The molecule has 1 aromatic carbocycles. The summed E-state index contributed by atoms with van der Waals surface area (Å²) in [7, 11) is 1.32. The third kappa shape index (κ3) is 2.54. The Labute approximate surface area is 104 Å². The number of nitro groups is 1. The van der Waals surface area contributed by atoms with Crippen molar-refractivity contribution in [1.82, 2.24) is 14.8 Å². The second kappa shape index (κ2) is 4.34. The van der Waals surface area contributed by atoms with Gasteiger partial charge in [0.25, 0.3) is 11.5 Å². The molecule has 6 nitrogen and oxygen atoms in total. The van der Waals surface area contributed by atoms with E-state index in [2.05, 4.69) is 10.1 Å². The van der Waals surface area contributed by atoms with Gasteiger partial charge in [0.05, 0.1) is 4.92 Å². The van der Waals surface area contributed by atoms with E-state index in [1.165, 1.54) is 31.3 Å². The van der Waals surface area contributed by atoms with Crippen LogP contribution in [0.1, 0.15) is 5.82 Å². The van der Waals surface area contributed by atoms with Crippen LogP contribution in [0.3, 0.4) is 0 Å². The van der Waals surface area contributed by atoms with Crippen molar-refractivity contribution in [3.05, 3.63) is 40.2 Å². The molecule has 0 bridgehead atoms. The third-order valence-corrected chi connectivity index (χ3v) is 2.35. The lowest BCUT2D eigenvalue weighted by Gasteiger charge is -1.99. The van der Waals surface area contributed by atoms with Crippen LogP contribution in [0.2, 0.25) is 0 Å². The number of alkyl halides is 3. The zero-order chi connectivity index (χ0) is 14.2. The van der Waals surface area contributed by atoms with Crippen LogP contribution >= 0.6 is 0 Å². The summed E-state index contributed by atoms with van der Waals surface area (Å²) >= 11 is 0. The molecule has 1 aromatic heterocycles. The zero-order valence-corrected chi connectivity index (χ0v) is 9.55. The number of rotatable bonds is 2. The van der Waals surface area contributed by atoms with E-state index >= 15 is 0 Å². The van der Waals surface area contributed by atoms with Crippen LogP contribution in [-0.2, 0) is 13.2 Å². The van der Waals surface area contributed by atoms with Gasteiger partial charge in [0, 0.05) is 24.7 Å². The van der Waals surface area contributed by atoms with Crippen LogP contribution in [-0.4, -0.2) is 19.7 Å². The molecule has 0 aliphatic rings. The molecule has 0 aliphatic heterocycles. The van der Waals surface area contributed by atoms with Gasteiger partial charge in [0.15, 0.2) is 5.82 Å². The fraction of sp³-hybridized carbons (Fsp3) is 0.200. The lowest BCUT2D eigenvalue weighted by molar-refractivity contribution is -0.384. The number of nitro benzene ring substituents is 1. The Bertz CT molecular complexity index is 619. The summed E-state index contributed by atoms with van der Waals surface area (Å²) in [6, 6.07) is 5.03. The van der Waals surface area contributed by atoms with Gasteiger partial charge in [-0.2, -0.15) is 13.2 Å². The second-order valence-corrected chi connectivity index (χ2v) is 3.68. The maximum absolute atomic E-state index is 12.4. The summed E-state index contributed by atoms with van der Waals surface area (Å²) in [6.45, 7) is 0. The number of benzene rings is 1. The van der Waals surface area contributed by atoms with Gasteiger partial charge >= 0.3 is 6.18 Å². The molecule has 0 spiro atoms. The maximum Gasteiger partial charge on any atom is 0.453 e. The molecule has 2 aromatic rings. The lowest BCUT2D eigenvalue weighted by atomic mass is 10.2. The van der Waals surface area contributed by atoms with Crippen molar-refractivity contribution in [2.24, 2.45) is 7.05 Å². The molecule has 0 saturated carbocycles. The SMILES string of the molecule is Cn1nc(C(F)(F)F)nc1-c1ccc([N+](=O)[O-])cc1. The first-order valence-electron chi connectivity index (χ1n) is 5.02. The standard InChI is InChI=1S/C10H7F3N4O2/c1-16-8(14-9(15-16)10(11,12)13)6-2-4-7(5-3-6)17(18)19/h2-5H,1H3. The van der Waals surface area contributed by atoms with Crippen LogP contribution in [0.25, 0.3) is 11.4 Å².